The molecule has 0 saturated heterocycles. The van der Waals surface area contributed by atoms with Crippen molar-refractivity contribution in [2.24, 2.45) is 0 Å². The zero-order valence-corrected chi connectivity index (χ0v) is 17.9. The van der Waals surface area contributed by atoms with E-state index >= 15 is 0 Å². The van der Waals surface area contributed by atoms with Gasteiger partial charge in [0.05, 0.1) is 11.1 Å². The van der Waals surface area contributed by atoms with Gasteiger partial charge in [-0.2, -0.15) is 0 Å². The summed E-state index contributed by atoms with van der Waals surface area (Å²) < 4.78 is 5.20. The number of carbonyl (C=O) groups excluding carboxylic acids is 2. The number of nitrogens with zero attached hydrogens (tertiary/aromatic N) is 1. The molecule has 2 atom stereocenters. The highest BCUT2D eigenvalue weighted by Gasteiger charge is 2.23. The van der Waals surface area contributed by atoms with Crippen molar-refractivity contribution in [3.05, 3.63) is 26.6 Å². The largest absolute Gasteiger partial charge is 0.452 e. The van der Waals surface area contributed by atoms with Gasteiger partial charge in [0.25, 0.3) is 11.5 Å². The molecule has 0 saturated carbocycles. The predicted molar refractivity (Wildman–Crippen MR) is 112 cm³/mol. The summed E-state index contributed by atoms with van der Waals surface area (Å²) in [5.41, 5.74) is 1.07. The van der Waals surface area contributed by atoms with Crippen LogP contribution in [-0.4, -0.2) is 39.7 Å². The minimum Gasteiger partial charge on any atom is -0.452 e. The molecule has 1 amide bonds. The monoisotopic (exact) mass is 423 g/mol. The van der Waals surface area contributed by atoms with Crippen molar-refractivity contribution in [2.45, 2.75) is 63.6 Å². The lowest BCUT2D eigenvalue weighted by atomic mass is 9.97. The van der Waals surface area contributed by atoms with E-state index in [0.29, 0.717) is 18.1 Å². The van der Waals surface area contributed by atoms with E-state index in [-0.39, 0.29) is 11.5 Å². The molecule has 0 fully saturated rings. The van der Waals surface area contributed by atoms with E-state index < -0.39 is 17.3 Å². The Labute approximate surface area is 171 Å². The van der Waals surface area contributed by atoms with Crippen molar-refractivity contribution >= 4 is 45.2 Å². The molecule has 0 aromatic carbocycles. The number of thioether (sulfide) groups is 1. The third kappa shape index (κ3) is 4.57. The van der Waals surface area contributed by atoms with Crippen molar-refractivity contribution in [3.63, 3.8) is 0 Å². The maximum absolute atomic E-state index is 12.6. The van der Waals surface area contributed by atoms with E-state index in [1.807, 2.05) is 0 Å². The van der Waals surface area contributed by atoms with Crippen molar-refractivity contribution in [2.75, 3.05) is 6.54 Å². The van der Waals surface area contributed by atoms with Gasteiger partial charge in [0, 0.05) is 11.4 Å². The van der Waals surface area contributed by atoms with Gasteiger partial charge in [-0.1, -0.05) is 0 Å². The fourth-order valence-corrected chi connectivity index (χ4v) is 5.21. The Kier molecular flexibility index (Phi) is 6.77. The number of ether oxygens (including phenoxy) is 1. The molecular formula is C19H25N3O4S2. The summed E-state index contributed by atoms with van der Waals surface area (Å²) in [6.07, 6.45) is 3.41. The molecule has 0 unspecified atom stereocenters. The number of hydrogen-bond donors (Lipinski definition) is 2. The van der Waals surface area contributed by atoms with E-state index in [9.17, 15) is 14.4 Å². The van der Waals surface area contributed by atoms with Crippen LogP contribution >= 0.6 is 23.1 Å². The molecule has 0 radical (unpaired) electrons. The lowest BCUT2D eigenvalue weighted by molar-refractivity contribution is -0.153. The summed E-state index contributed by atoms with van der Waals surface area (Å²) in [5.74, 6) is 0.168. The number of rotatable bonds is 7. The third-order valence-electron chi connectivity index (χ3n) is 4.69. The van der Waals surface area contributed by atoms with Crippen LogP contribution in [0.1, 0.15) is 49.9 Å². The first-order valence-corrected chi connectivity index (χ1v) is 11.4. The van der Waals surface area contributed by atoms with Crippen molar-refractivity contribution < 1.29 is 14.3 Å². The van der Waals surface area contributed by atoms with Crippen LogP contribution in [0.4, 0.5) is 0 Å². The van der Waals surface area contributed by atoms with Crippen LogP contribution in [0, 0.1) is 0 Å². The zero-order chi connectivity index (χ0) is 20.3. The fourth-order valence-electron chi connectivity index (χ4n) is 3.19. The van der Waals surface area contributed by atoms with E-state index in [4.69, 9.17) is 4.74 Å². The van der Waals surface area contributed by atoms with Gasteiger partial charge in [0.15, 0.2) is 6.10 Å². The van der Waals surface area contributed by atoms with E-state index in [1.54, 1.807) is 32.1 Å². The molecule has 7 nitrogen and oxygen atoms in total. The second kappa shape index (κ2) is 9.09. The summed E-state index contributed by atoms with van der Waals surface area (Å²) in [4.78, 5) is 46.0. The molecule has 1 aliphatic carbocycles. The van der Waals surface area contributed by atoms with Crippen LogP contribution < -0.4 is 10.9 Å². The summed E-state index contributed by atoms with van der Waals surface area (Å²) in [5, 5.41) is 2.88. The first-order chi connectivity index (χ1) is 13.4. The molecule has 0 aliphatic heterocycles. The highest BCUT2D eigenvalue weighted by molar-refractivity contribution is 7.99. The molecule has 1 aliphatic rings. The molecule has 28 heavy (non-hydrogen) atoms. The van der Waals surface area contributed by atoms with Crippen molar-refractivity contribution in [1.29, 1.82) is 0 Å². The topological polar surface area (TPSA) is 101 Å². The summed E-state index contributed by atoms with van der Waals surface area (Å²) >= 11 is 2.93. The van der Waals surface area contributed by atoms with Crippen LogP contribution in [0.15, 0.2) is 4.79 Å². The van der Waals surface area contributed by atoms with E-state index in [0.717, 1.165) is 41.5 Å². The fraction of sp³-hybridized carbons (Fsp3) is 0.579. The number of fused-ring (bicyclic) bond motifs is 3. The summed E-state index contributed by atoms with van der Waals surface area (Å²) in [6, 6.07) is 0. The number of amides is 1. The lowest BCUT2D eigenvalue weighted by Crippen LogP contribution is -2.37. The second-order valence-corrected chi connectivity index (χ2v) is 9.24. The quantitative estimate of drug-likeness (QED) is 0.664. The van der Waals surface area contributed by atoms with Gasteiger partial charge in [0.2, 0.25) is 0 Å². The summed E-state index contributed by atoms with van der Waals surface area (Å²) in [7, 11) is 0. The average Bonchev–Trinajstić information content (AvgIpc) is 3.04. The number of aromatic amines is 1. The molecule has 2 heterocycles. The molecule has 0 bridgehead atoms. The number of likely N-dealkylation sites (N-methyl/N-ethyl adjacent to an activating group) is 1. The third-order valence-corrected chi connectivity index (χ3v) is 7.01. The highest BCUT2D eigenvalue weighted by Crippen LogP contribution is 2.33. The maximum Gasteiger partial charge on any atom is 0.319 e. The number of aryl methyl sites for hydroxylation is 2. The van der Waals surface area contributed by atoms with Crippen LogP contribution in [0.5, 0.6) is 0 Å². The molecule has 2 aromatic rings. The molecule has 2 N–H and O–H groups in total. The lowest BCUT2D eigenvalue weighted by Gasteiger charge is -2.16. The SMILES string of the molecule is CCNC(=O)[C@H](C)OC(=O)[C@H](C)SCc1nc2sc3c(c2c(=O)[nH]1)CCCC3. The van der Waals surface area contributed by atoms with Crippen LogP contribution in [-0.2, 0) is 32.9 Å². The minimum absolute atomic E-state index is 0.0971. The van der Waals surface area contributed by atoms with Gasteiger partial charge in [0.1, 0.15) is 15.9 Å². The second-order valence-electron chi connectivity index (χ2n) is 6.83. The van der Waals surface area contributed by atoms with E-state index in [1.165, 1.54) is 16.6 Å². The number of carbonyl (C=O) groups is 2. The Morgan fingerprint density at radius 1 is 1.32 bits per heavy atom. The molecule has 3 rings (SSSR count). The molecule has 152 valence electrons. The number of esters is 1. The Bertz CT molecular complexity index is 937. The highest BCUT2D eigenvalue weighted by atomic mass is 32.2. The van der Waals surface area contributed by atoms with Crippen molar-refractivity contribution in [1.82, 2.24) is 15.3 Å². The summed E-state index contributed by atoms with van der Waals surface area (Å²) in [6.45, 7) is 5.56. The van der Waals surface area contributed by atoms with Gasteiger partial charge in [-0.15, -0.1) is 23.1 Å². The van der Waals surface area contributed by atoms with Gasteiger partial charge in [-0.05, 0) is 52.0 Å². The van der Waals surface area contributed by atoms with Gasteiger partial charge in [-0.3, -0.25) is 14.4 Å². The van der Waals surface area contributed by atoms with Crippen LogP contribution in [0.25, 0.3) is 10.2 Å². The number of thiophene rings is 1. The Hall–Kier alpha value is -1.87. The van der Waals surface area contributed by atoms with Gasteiger partial charge in [-0.25, -0.2) is 4.98 Å². The standard InChI is InChI=1S/C19H25N3O4S2/c1-4-20-16(23)10(2)26-19(25)11(3)27-9-14-21-17(24)15-12-7-5-6-8-13(12)28-18(15)22-14/h10-11H,4-9H2,1-3H3,(H,20,23)(H,21,22,24)/t10-,11-/m0/s1. The number of aromatic nitrogens is 2. The van der Waals surface area contributed by atoms with Crippen LogP contribution in [0.3, 0.4) is 0 Å². The Morgan fingerprint density at radius 3 is 2.82 bits per heavy atom. The first kappa shape index (κ1) is 20.9. The first-order valence-electron chi connectivity index (χ1n) is 9.54. The molecule has 2 aromatic heterocycles. The Balaban J connectivity index is 1.64. The number of nitrogens with one attached hydrogen (secondary N) is 2. The molecule has 9 heteroatoms. The number of H-pyrrole nitrogens is 1. The van der Waals surface area contributed by atoms with Crippen molar-refractivity contribution in [3.8, 4) is 0 Å². The molecular weight excluding hydrogens is 398 g/mol. The maximum atomic E-state index is 12.6. The molecule has 0 spiro atoms. The zero-order valence-electron chi connectivity index (χ0n) is 16.3. The minimum atomic E-state index is -0.831. The predicted octanol–water partition coefficient (Wildman–Crippen LogP) is 2.55. The van der Waals surface area contributed by atoms with E-state index in [2.05, 4.69) is 15.3 Å². The Morgan fingerprint density at radius 2 is 2.07 bits per heavy atom. The van der Waals surface area contributed by atoms with Crippen LogP contribution in [0.2, 0.25) is 0 Å². The number of hydrogen-bond acceptors (Lipinski definition) is 7. The average molecular weight is 424 g/mol. The van der Waals surface area contributed by atoms with Gasteiger partial charge < -0.3 is 15.0 Å². The normalized spacial score (nSPS) is 15.7. The van der Waals surface area contributed by atoms with Gasteiger partial charge >= 0.3 is 5.97 Å². The smallest absolute Gasteiger partial charge is 0.319 e.